The number of nitrogens with zero attached hydrogens (tertiary/aromatic N) is 1. The molecule has 3 amide bonds. The molecule has 1 aliphatic carbocycles. The van der Waals surface area contributed by atoms with Gasteiger partial charge in [0.1, 0.15) is 6.54 Å². The third kappa shape index (κ3) is 10.6. The fraction of sp³-hybridized carbons (Fsp3) is 0.533. The number of ether oxygens (including phenoxy) is 3. The van der Waals surface area contributed by atoms with Crippen molar-refractivity contribution in [3.8, 4) is 11.1 Å². The number of piperidine rings is 1. The van der Waals surface area contributed by atoms with Gasteiger partial charge in [-0.1, -0.05) is 86.5 Å². The summed E-state index contributed by atoms with van der Waals surface area (Å²) in [6.45, 7) is 11.0. The molecule has 0 bridgehead atoms. The van der Waals surface area contributed by atoms with Gasteiger partial charge >= 0.3 is 12.0 Å². The van der Waals surface area contributed by atoms with Gasteiger partial charge in [0.25, 0.3) is 0 Å². The molecule has 0 spiro atoms. The number of esters is 1. The van der Waals surface area contributed by atoms with Crippen molar-refractivity contribution in [2.45, 2.75) is 122 Å². The van der Waals surface area contributed by atoms with Crippen LogP contribution in [0.1, 0.15) is 108 Å². The molecule has 56 heavy (non-hydrogen) atoms. The first-order chi connectivity index (χ1) is 26.9. The largest absolute Gasteiger partial charge is 0.465 e. The lowest BCUT2D eigenvalue weighted by atomic mass is 9.75. The minimum Gasteiger partial charge on any atom is -0.465 e. The van der Waals surface area contributed by atoms with Crippen LogP contribution in [0.2, 0.25) is 0 Å². The van der Waals surface area contributed by atoms with E-state index in [0.29, 0.717) is 25.0 Å². The quantitative estimate of drug-likeness (QED) is 0.146. The Hall–Kier alpha value is -4.29. The van der Waals surface area contributed by atoms with E-state index in [-0.39, 0.29) is 55.4 Å². The molecule has 0 unspecified atom stereocenters. The second kappa shape index (κ2) is 18.8. The number of carbonyl (C=O) groups is 3. The number of hydrogen-bond acceptors (Lipinski definition) is 8. The lowest BCUT2D eigenvalue weighted by molar-refractivity contribution is -0.278. The Morgan fingerprint density at radius 2 is 1.59 bits per heavy atom. The zero-order chi connectivity index (χ0) is 39.8. The highest BCUT2D eigenvalue weighted by Crippen LogP contribution is 2.44. The van der Waals surface area contributed by atoms with Crippen LogP contribution in [0.4, 0.5) is 4.79 Å². The number of aliphatic hydroxyl groups is 1. The number of hydrogen-bond donors (Lipinski definition) is 4. The third-order valence-electron chi connectivity index (χ3n) is 11.4. The zero-order valence-electron chi connectivity index (χ0n) is 33.6. The monoisotopic (exact) mass is 768 g/mol. The highest BCUT2D eigenvalue weighted by Gasteiger charge is 2.46. The first-order valence-corrected chi connectivity index (χ1v) is 20.4. The smallest absolute Gasteiger partial charge is 0.325 e. The SMILES string of the molecule is CCOC(=O)CNC(=O)NCc1cccc(-c2ccc([C@H]3O[C@@H](CN4[C@@H](C(=O)NC(C)(C)C)CC[C@H]5CCCC[C@H]54)[C@@H](C)[C@@H](c4ccc(CO)cc4)O3)cc2)c1. The molecule has 0 radical (unpaired) electrons. The van der Waals surface area contributed by atoms with Gasteiger partial charge in [-0.05, 0) is 93.2 Å². The molecule has 11 heteroatoms. The number of rotatable bonds is 12. The number of urea groups is 1. The second-order valence-corrected chi connectivity index (χ2v) is 16.6. The molecule has 11 nitrogen and oxygen atoms in total. The molecule has 3 aliphatic rings. The minimum atomic E-state index is -0.634. The van der Waals surface area contributed by atoms with E-state index in [9.17, 15) is 19.5 Å². The summed E-state index contributed by atoms with van der Waals surface area (Å²) < 4.78 is 18.6. The van der Waals surface area contributed by atoms with Crippen LogP contribution in [0.25, 0.3) is 11.1 Å². The van der Waals surface area contributed by atoms with Gasteiger partial charge in [-0.25, -0.2) is 4.79 Å². The van der Waals surface area contributed by atoms with E-state index < -0.39 is 18.3 Å². The van der Waals surface area contributed by atoms with Crippen LogP contribution in [0, 0.1) is 11.8 Å². The molecule has 3 aromatic carbocycles. The molecule has 1 saturated carbocycles. The van der Waals surface area contributed by atoms with Crippen molar-refractivity contribution in [2.24, 2.45) is 11.8 Å². The van der Waals surface area contributed by atoms with E-state index in [2.05, 4.69) is 39.9 Å². The van der Waals surface area contributed by atoms with Gasteiger partial charge in [0.05, 0.1) is 31.5 Å². The van der Waals surface area contributed by atoms with E-state index in [1.807, 2.05) is 81.4 Å². The van der Waals surface area contributed by atoms with Gasteiger partial charge in [0.15, 0.2) is 6.29 Å². The fourth-order valence-electron chi connectivity index (χ4n) is 8.57. The van der Waals surface area contributed by atoms with Crippen molar-refractivity contribution in [1.29, 1.82) is 0 Å². The van der Waals surface area contributed by atoms with Gasteiger partial charge in [0.2, 0.25) is 5.91 Å². The topological polar surface area (TPSA) is 138 Å². The number of fused-ring (bicyclic) bond motifs is 1. The van der Waals surface area contributed by atoms with Gasteiger partial charge in [0, 0.05) is 36.2 Å². The summed E-state index contributed by atoms with van der Waals surface area (Å²) in [6.07, 6.45) is 5.54. The number of aliphatic hydroxyl groups excluding tert-OH is 1. The molecule has 4 N–H and O–H groups in total. The summed E-state index contributed by atoms with van der Waals surface area (Å²) in [6, 6.07) is 23.8. The molecule has 2 aliphatic heterocycles. The Bertz CT molecular complexity index is 1780. The maximum absolute atomic E-state index is 13.9. The van der Waals surface area contributed by atoms with E-state index in [1.165, 1.54) is 19.3 Å². The van der Waals surface area contributed by atoms with Crippen molar-refractivity contribution in [3.63, 3.8) is 0 Å². The van der Waals surface area contributed by atoms with E-state index >= 15 is 0 Å². The second-order valence-electron chi connectivity index (χ2n) is 16.6. The number of nitrogens with one attached hydrogen (secondary N) is 3. The number of benzene rings is 3. The van der Waals surface area contributed by atoms with E-state index in [1.54, 1.807) is 6.92 Å². The predicted octanol–water partition coefficient (Wildman–Crippen LogP) is 6.94. The molecule has 2 heterocycles. The van der Waals surface area contributed by atoms with Gasteiger partial charge in [-0.2, -0.15) is 0 Å². The Kier molecular flexibility index (Phi) is 13.9. The minimum absolute atomic E-state index is 0.00983. The van der Waals surface area contributed by atoms with Crippen LogP contribution in [-0.2, 0) is 37.0 Å². The van der Waals surface area contributed by atoms with Gasteiger partial charge in [-0.15, -0.1) is 0 Å². The highest BCUT2D eigenvalue weighted by atomic mass is 16.7. The van der Waals surface area contributed by atoms with Crippen molar-refractivity contribution in [3.05, 3.63) is 95.1 Å². The van der Waals surface area contributed by atoms with Crippen LogP contribution >= 0.6 is 0 Å². The average molecular weight is 769 g/mol. The summed E-state index contributed by atoms with van der Waals surface area (Å²) >= 11 is 0. The Balaban J connectivity index is 1.21. The van der Waals surface area contributed by atoms with Crippen molar-refractivity contribution < 1.29 is 33.7 Å². The predicted molar refractivity (Wildman–Crippen MR) is 215 cm³/mol. The van der Waals surface area contributed by atoms with Crippen LogP contribution in [-0.4, -0.2) is 71.3 Å². The Morgan fingerprint density at radius 3 is 2.30 bits per heavy atom. The van der Waals surface area contributed by atoms with Crippen molar-refractivity contribution in [2.75, 3.05) is 19.7 Å². The van der Waals surface area contributed by atoms with Gasteiger partial charge in [-0.3, -0.25) is 14.5 Å². The van der Waals surface area contributed by atoms with Crippen LogP contribution in [0.5, 0.6) is 0 Å². The molecule has 7 atom stereocenters. The first kappa shape index (κ1) is 41.3. The zero-order valence-corrected chi connectivity index (χ0v) is 33.6. The maximum Gasteiger partial charge on any atom is 0.325 e. The van der Waals surface area contributed by atoms with Crippen LogP contribution < -0.4 is 16.0 Å². The standard InChI is InChI=1S/C45H60N4O7/c1-6-54-40(51)26-47-44(53)46-25-31-10-9-12-36(24-31)32-18-20-35(21-19-32)43-55-39(29(2)41(56-43)34-16-14-30(28-50)15-17-34)27-49-37-13-8-7-11-33(37)22-23-38(49)42(52)48-45(3,4)5/h9-10,12,14-21,24,29,33,37-39,41,43,50H,6-8,11,13,22-23,25-28H2,1-5H3,(H,48,52)(H2,46,47,53)/t29-,33-,37-,38-,39+,41+,43+/m1/s1. The molecule has 3 fully saturated rings. The number of likely N-dealkylation sites (tertiary alicyclic amines) is 1. The highest BCUT2D eigenvalue weighted by molar-refractivity contribution is 5.82. The lowest BCUT2D eigenvalue weighted by Gasteiger charge is -2.51. The molecular formula is C45H60N4O7. The van der Waals surface area contributed by atoms with E-state index in [4.69, 9.17) is 14.2 Å². The normalized spacial score (nSPS) is 25.4. The fourth-order valence-corrected chi connectivity index (χ4v) is 8.57. The summed E-state index contributed by atoms with van der Waals surface area (Å²) in [5.74, 6) is 0.194. The number of carbonyl (C=O) groups excluding carboxylic acids is 3. The first-order valence-electron chi connectivity index (χ1n) is 20.4. The molecule has 3 aromatic rings. The number of amides is 3. The molecular weight excluding hydrogens is 709 g/mol. The summed E-state index contributed by atoms with van der Waals surface area (Å²) in [7, 11) is 0. The molecule has 0 aromatic heterocycles. The third-order valence-corrected chi connectivity index (χ3v) is 11.4. The molecule has 2 saturated heterocycles. The Labute approximate surface area is 331 Å². The molecule has 302 valence electrons. The maximum atomic E-state index is 13.9. The van der Waals surface area contributed by atoms with Crippen LogP contribution in [0.3, 0.4) is 0 Å². The Morgan fingerprint density at radius 1 is 0.857 bits per heavy atom. The lowest BCUT2D eigenvalue weighted by Crippen LogP contribution is -2.61. The summed E-state index contributed by atoms with van der Waals surface area (Å²) in [4.78, 5) is 40.2. The van der Waals surface area contributed by atoms with Crippen molar-refractivity contribution in [1.82, 2.24) is 20.9 Å². The summed E-state index contributed by atoms with van der Waals surface area (Å²) in [5.41, 5.74) is 5.36. The average Bonchev–Trinajstić information content (AvgIpc) is 3.19. The summed E-state index contributed by atoms with van der Waals surface area (Å²) in [5, 5.41) is 18.3. The van der Waals surface area contributed by atoms with Crippen molar-refractivity contribution >= 4 is 17.9 Å². The van der Waals surface area contributed by atoms with E-state index in [0.717, 1.165) is 52.6 Å². The van der Waals surface area contributed by atoms with Crippen LogP contribution in [0.15, 0.2) is 72.8 Å². The van der Waals surface area contributed by atoms with Gasteiger partial charge < -0.3 is 35.3 Å². The molecule has 6 rings (SSSR count).